The Bertz CT molecular complexity index is 624. The molecule has 1 aromatic rings. The Labute approximate surface area is 133 Å². The number of carbonyl (C=O) groups is 2. The minimum Gasteiger partial charge on any atom is -0.375 e. The molecule has 3 rings (SSSR count). The molecule has 0 aliphatic carbocycles. The largest absolute Gasteiger partial charge is 0.375 e. The Morgan fingerprint density at radius 1 is 1.43 bits per heavy atom. The van der Waals surface area contributed by atoms with E-state index in [1.54, 1.807) is 17.0 Å². The first-order valence-corrected chi connectivity index (χ1v) is 7.50. The monoisotopic (exact) mass is 322 g/mol. The van der Waals surface area contributed by atoms with Gasteiger partial charge in [-0.1, -0.05) is 6.07 Å². The lowest BCUT2D eigenvalue weighted by Crippen LogP contribution is -2.56. The van der Waals surface area contributed by atoms with Crippen LogP contribution < -0.4 is 4.90 Å². The number of amides is 2. The highest BCUT2D eigenvalue weighted by Crippen LogP contribution is 2.32. The zero-order valence-electron chi connectivity index (χ0n) is 13.0. The molecule has 0 bridgehead atoms. The van der Waals surface area contributed by atoms with Gasteiger partial charge in [-0.05, 0) is 24.6 Å². The van der Waals surface area contributed by atoms with Gasteiger partial charge in [-0.3, -0.25) is 9.59 Å². The van der Waals surface area contributed by atoms with Gasteiger partial charge >= 0.3 is 0 Å². The van der Waals surface area contributed by atoms with Crippen molar-refractivity contribution in [2.75, 3.05) is 44.9 Å². The Hall–Kier alpha value is -1.99. The fourth-order valence-electron chi connectivity index (χ4n) is 3.11. The van der Waals surface area contributed by atoms with Crippen molar-refractivity contribution in [2.45, 2.75) is 12.0 Å². The van der Waals surface area contributed by atoms with E-state index < -0.39 is 5.60 Å². The van der Waals surface area contributed by atoms with Gasteiger partial charge < -0.3 is 19.3 Å². The summed E-state index contributed by atoms with van der Waals surface area (Å²) in [5, 5.41) is 0. The van der Waals surface area contributed by atoms with Crippen LogP contribution in [-0.2, 0) is 19.1 Å². The summed E-state index contributed by atoms with van der Waals surface area (Å²) in [6.45, 7) is 1.25. The number of nitrogens with zero attached hydrogens (tertiary/aromatic N) is 2. The average molecular weight is 322 g/mol. The van der Waals surface area contributed by atoms with Gasteiger partial charge in [0.05, 0.1) is 13.1 Å². The lowest BCUT2D eigenvalue weighted by atomic mass is 10.00. The highest BCUT2D eigenvalue weighted by molar-refractivity contribution is 5.95. The molecular weight excluding hydrogens is 303 g/mol. The van der Waals surface area contributed by atoms with Crippen LogP contribution >= 0.6 is 0 Å². The minimum absolute atomic E-state index is 0.0304. The number of morpholine rings is 1. The van der Waals surface area contributed by atoms with Gasteiger partial charge in [0.1, 0.15) is 24.6 Å². The van der Waals surface area contributed by atoms with Gasteiger partial charge in [-0.2, -0.15) is 0 Å². The van der Waals surface area contributed by atoms with Crippen LogP contribution in [0.4, 0.5) is 10.1 Å². The number of hydrogen-bond acceptors (Lipinski definition) is 4. The summed E-state index contributed by atoms with van der Waals surface area (Å²) in [4.78, 5) is 27.3. The first-order chi connectivity index (χ1) is 11.0. The molecule has 6 nitrogen and oxygen atoms in total. The molecular formula is C16H19FN2O4. The second-order valence-electron chi connectivity index (χ2n) is 5.93. The normalized spacial score (nSPS) is 24.5. The van der Waals surface area contributed by atoms with Crippen molar-refractivity contribution in [3.8, 4) is 0 Å². The van der Waals surface area contributed by atoms with Crippen LogP contribution in [0.5, 0.6) is 0 Å². The van der Waals surface area contributed by atoms with Crippen molar-refractivity contribution < 1.29 is 23.5 Å². The molecule has 0 N–H and O–H groups in total. The molecule has 0 radical (unpaired) electrons. The van der Waals surface area contributed by atoms with Gasteiger partial charge in [0.25, 0.3) is 5.91 Å². The topological polar surface area (TPSA) is 59.1 Å². The summed E-state index contributed by atoms with van der Waals surface area (Å²) < 4.78 is 24.1. The molecule has 2 aliphatic rings. The van der Waals surface area contributed by atoms with Crippen molar-refractivity contribution in [1.29, 1.82) is 0 Å². The number of benzene rings is 1. The molecule has 2 amide bonds. The summed E-state index contributed by atoms with van der Waals surface area (Å²) in [6, 6.07) is 5.94. The quantitative estimate of drug-likeness (QED) is 0.826. The van der Waals surface area contributed by atoms with Crippen molar-refractivity contribution in [1.82, 2.24) is 4.90 Å². The third kappa shape index (κ3) is 3.20. The van der Waals surface area contributed by atoms with Crippen molar-refractivity contribution in [2.24, 2.45) is 0 Å². The van der Waals surface area contributed by atoms with Crippen molar-refractivity contribution >= 4 is 17.5 Å². The Morgan fingerprint density at radius 3 is 3.00 bits per heavy atom. The third-order valence-corrected chi connectivity index (χ3v) is 4.31. The van der Waals surface area contributed by atoms with E-state index in [0.717, 1.165) is 0 Å². The second kappa shape index (κ2) is 6.25. The highest BCUT2D eigenvalue weighted by atomic mass is 19.1. The third-order valence-electron chi connectivity index (χ3n) is 4.31. The van der Waals surface area contributed by atoms with E-state index in [0.29, 0.717) is 31.7 Å². The number of halogens is 1. The van der Waals surface area contributed by atoms with E-state index >= 15 is 0 Å². The van der Waals surface area contributed by atoms with E-state index in [1.807, 2.05) is 0 Å². The first kappa shape index (κ1) is 15.9. The maximum absolute atomic E-state index is 13.4. The van der Waals surface area contributed by atoms with Gasteiger partial charge in [0, 0.05) is 19.3 Å². The number of likely N-dealkylation sites (tertiary alicyclic amines) is 1. The fourth-order valence-corrected chi connectivity index (χ4v) is 3.11. The van der Waals surface area contributed by atoms with E-state index in [-0.39, 0.29) is 30.8 Å². The number of ether oxygens (including phenoxy) is 2. The molecule has 0 aromatic heterocycles. The van der Waals surface area contributed by atoms with Crippen LogP contribution in [0.2, 0.25) is 0 Å². The predicted molar refractivity (Wildman–Crippen MR) is 80.5 cm³/mol. The number of rotatable bonds is 3. The first-order valence-electron chi connectivity index (χ1n) is 7.50. The predicted octanol–water partition coefficient (Wildman–Crippen LogP) is 0.806. The summed E-state index contributed by atoms with van der Waals surface area (Å²) >= 11 is 0. The number of anilines is 1. The molecule has 1 unspecified atom stereocenters. The standard InChI is InChI=1S/C16H19FN2O4/c1-22-8-14(20)18-6-5-16(10-18)11-19(15(21)9-23-16)13-4-2-3-12(17)7-13/h2-4,7H,5-6,8-11H2,1H3. The van der Waals surface area contributed by atoms with Crippen LogP contribution in [0.15, 0.2) is 24.3 Å². The van der Waals surface area contributed by atoms with Crippen molar-refractivity contribution in [3.63, 3.8) is 0 Å². The van der Waals surface area contributed by atoms with Gasteiger partial charge in [0.15, 0.2) is 0 Å². The van der Waals surface area contributed by atoms with Crippen LogP contribution in [0.25, 0.3) is 0 Å². The molecule has 124 valence electrons. The van der Waals surface area contributed by atoms with Crippen LogP contribution in [0.1, 0.15) is 6.42 Å². The number of methoxy groups -OCH3 is 1. The van der Waals surface area contributed by atoms with E-state index in [9.17, 15) is 14.0 Å². The summed E-state index contributed by atoms with van der Waals surface area (Å²) in [5.74, 6) is -0.691. The lowest BCUT2D eigenvalue weighted by Gasteiger charge is -2.40. The summed E-state index contributed by atoms with van der Waals surface area (Å²) in [6.07, 6.45) is 0.640. The Morgan fingerprint density at radius 2 is 2.26 bits per heavy atom. The van der Waals surface area contributed by atoms with Crippen LogP contribution in [0, 0.1) is 5.82 Å². The fraction of sp³-hybridized carbons (Fsp3) is 0.500. The molecule has 1 spiro atoms. The molecule has 2 heterocycles. The SMILES string of the molecule is COCC(=O)N1CCC2(C1)CN(c1cccc(F)c1)C(=O)CO2. The van der Waals surface area contributed by atoms with Gasteiger partial charge in [0.2, 0.25) is 5.91 Å². The molecule has 2 aliphatic heterocycles. The minimum atomic E-state index is -0.594. The van der Waals surface area contributed by atoms with Crippen molar-refractivity contribution in [3.05, 3.63) is 30.1 Å². The summed E-state index contributed by atoms with van der Waals surface area (Å²) in [7, 11) is 1.48. The molecule has 1 aromatic carbocycles. The maximum atomic E-state index is 13.4. The Balaban J connectivity index is 1.76. The smallest absolute Gasteiger partial charge is 0.253 e. The number of hydrogen-bond donors (Lipinski definition) is 0. The summed E-state index contributed by atoms with van der Waals surface area (Å²) in [5.41, 5.74) is -0.0803. The molecule has 7 heteroatoms. The van der Waals surface area contributed by atoms with E-state index in [1.165, 1.54) is 24.1 Å². The molecule has 2 fully saturated rings. The molecule has 1 atom stereocenters. The van der Waals surface area contributed by atoms with Gasteiger partial charge in [-0.15, -0.1) is 0 Å². The van der Waals surface area contributed by atoms with E-state index in [4.69, 9.17) is 9.47 Å². The molecule has 2 saturated heterocycles. The zero-order valence-corrected chi connectivity index (χ0v) is 13.0. The molecule has 23 heavy (non-hydrogen) atoms. The van der Waals surface area contributed by atoms with Crippen LogP contribution in [-0.4, -0.2) is 62.3 Å². The van der Waals surface area contributed by atoms with Gasteiger partial charge in [-0.25, -0.2) is 4.39 Å². The lowest BCUT2D eigenvalue weighted by molar-refractivity contribution is -0.140. The van der Waals surface area contributed by atoms with Crippen LogP contribution in [0.3, 0.4) is 0 Å². The second-order valence-corrected chi connectivity index (χ2v) is 5.93. The maximum Gasteiger partial charge on any atom is 0.253 e. The number of carbonyl (C=O) groups excluding carboxylic acids is 2. The zero-order chi connectivity index (χ0) is 16.4. The Kier molecular flexibility index (Phi) is 4.32. The molecule has 0 saturated carbocycles. The highest BCUT2D eigenvalue weighted by Gasteiger charge is 2.46. The average Bonchev–Trinajstić information content (AvgIpc) is 2.94. The van der Waals surface area contributed by atoms with E-state index in [2.05, 4.69) is 0 Å².